The summed E-state index contributed by atoms with van der Waals surface area (Å²) >= 11 is 0. The van der Waals surface area contributed by atoms with E-state index in [1.54, 1.807) is 0 Å². The predicted molar refractivity (Wildman–Crippen MR) is 47.2 cm³/mol. The first kappa shape index (κ1) is 9.42. The molecule has 2 saturated heterocycles. The van der Waals surface area contributed by atoms with E-state index in [0.29, 0.717) is 0 Å². The molecule has 0 spiro atoms. The molecule has 0 aliphatic carbocycles. The molecule has 0 bridgehead atoms. The van der Waals surface area contributed by atoms with Crippen LogP contribution in [0.4, 0.5) is 0 Å². The van der Waals surface area contributed by atoms with Gasteiger partial charge in [0.2, 0.25) is 0 Å². The van der Waals surface area contributed by atoms with Gasteiger partial charge in [0.05, 0.1) is 6.04 Å². The van der Waals surface area contributed by atoms with Crippen LogP contribution >= 0.6 is 0 Å². The lowest BCUT2D eigenvalue weighted by atomic mass is 9.83. The summed E-state index contributed by atoms with van der Waals surface area (Å²) < 4.78 is 0. The van der Waals surface area contributed by atoms with Gasteiger partial charge >= 0.3 is 5.97 Å². The van der Waals surface area contributed by atoms with Crippen molar-refractivity contribution in [1.29, 1.82) is 0 Å². The number of carbonyl (C=O) groups excluding carboxylic acids is 1. The van der Waals surface area contributed by atoms with E-state index in [1.807, 2.05) is 0 Å². The quantitative estimate of drug-likeness (QED) is 0.410. The number of carbonyl (C=O) groups is 2. The largest absolute Gasteiger partial charge is 0.480 e. The third kappa shape index (κ3) is 1.46. The molecule has 6 nitrogen and oxygen atoms in total. The molecule has 3 atom stereocenters. The van der Waals surface area contributed by atoms with E-state index >= 15 is 0 Å². The molecular formula is C8H13N3O3. The van der Waals surface area contributed by atoms with Crippen molar-refractivity contribution in [3.8, 4) is 0 Å². The van der Waals surface area contributed by atoms with E-state index < -0.39 is 12.0 Å². The van der Waals surface area contributed by atoms with E-state index in [1.165, 1.54) is 0 Å². The van der Waals surface area contributed by atoms with Crippen LogP contribution in [0.25, 0.3) is 0 Å². The van der Waals surface area contributed by atoms with Crippen LogP contribution in [0, 0.1) is 5.92 Å². The lowest BCUT2D eigenvalue weighted by Crippen LogP contribution is -2.68. The normalized spacial score (nSPS) is 37.1. The molecule has 6 heteroatoms. The minimum Gasteiger partial charge on any atom is -0.480 e. The Morgan fingerprint density at radius 1 is 1.50 bits per heavy atom. The number of piperidine rings is 1. The summed E-state index contributed by atoms with van der Waals surface area (Å²) in [5.41, 5.74) is 4.91. The number of hydrogen-bond acceptors (Lipinski definition) is 4. The number of aliphatic carboxylic acids is 1. The molecule has 1 amide bonds. The second-order valence-corrected chi connectivity index (χ2v) is 3.69. The minimum atomic E-state index is -0.913. The van der Waals surface area contributed by atoms with Gasteiger partial charge < -0.3 is 10.4 Å². The number of carboxylic acids is 1. The van der Waals surface area contributed by atoms with Gasteiger partial charge in [-0.25, -0.2) is 5.43 Å². The molecule has 2 heterocycles. The number of rotatable bonds is 1. The molecule has 0 radical (unpaired) electrons. The van der Waals surface area contributed by atoms with Gasteiger partial charge in [-0.3, -0.25) is 15.0 Å². The van der Waals surface area contributed by atoms with Gasteiger partial charge in [-0.1, -0.05) is 0 Å². The summed E-state index contributed by atoms with van der Waals surface area (Å²) in [7, 11) is 0. The summed E-state index contributed by atoms with van der Waals surface area (Å²) in [6, 6.07) is -1.03. The molecule has 2 aliphatic rings. The number of hydrogen-bond donors (Lipinski definition) is 4. The summed E-state index contributed by atoms with van der Waals surface area (Å²) in [6.45, 7) is 0.779. The van der Waals surface area contributed by atoms with Crippen molar-refractivity contribution in [2.45, 2.75) is 24.9 Å². The highest BCUT2D eigenvalue weighted by Gasteiger charge is 2.43. The van der Waals surface area contributed by atoms with Crippen LogP contribution in [0.2, 0.25) is 0 Å². The van der Waals surface area contributed by atoms with Crippen LogP contribution in [0.5, 0.6) is 0 Å². The van der Waals surface area contributed by atoms with E-state index in [9.17, 15) is 9.59 Å². The smallest absolute Gasteiger partial charge is 0.322 e. The maximum Gasteiger partial charge on any atom is 0.322 e. The second-order valence-electron chi connectivity index (χ2n) is 3.69. The van der Waals surface area contributed by atoms with Gasteiger partial charge in [0.15, 0.2) is 0 Å². The van der Waals surface area contributed by atoms with Gasteiger partial charge in [0, 0.05) is 5.92 Å². The van der Waals surface area contributed by atoms with E-state index in [4.69, 9.17) is 5.11 Å². The van der Waals surface area contributed by atoms with Crippen molar-refractivity contribution in [2.24, 2.45) is 5.92 Å². The Balaban J connectivity index is 2.16. The lowest BCUT2D eigenvalue weighted by molar-refractivity contribution is -0.146. The van der Waals surface area contributed by atoms with Crippen molar-refractivity contribution in [3.63, 3.8) is 0 Å². The fourth-order valence-electron chi connectivity index (χ4n) is 2.14. The monoisotopic (exact) mass is 199 g/mol. The van der Waals surface area contributed by atoms with Crippen LogP contribution in [0.15, 0.2) is 0 Å². The van der Waals surface area contributed by atoms with Crippen molar-refractivity contribution in [2.75, 3.05) is 6.54 Å². The molecule has 14 heavy (non-hydrogen) atoms. The maximum absolute atomic E-state index is 11.4. The number of fused-ring (bicyclic) bond motifs is 1. The van der Waals surface area contributed by atoms with Gasteiger partial charge in [0.25, 0.3) is 5.91 Å². The zero-order valence-corrected chi connectivity index (χ0v) is 7.62. The fourth-order valence-corrected chi connectivity index (χ4v) is 2.14. The molecule has 78 valence electrons. The second kappa shape index (κ2) is 3.55. The Labute approximate surface area is 81.0 Å². The van der Waals surface area contributed by atoms with Crippen molar-refractivity contribution < 1.29 is 14.7 Å². The van der Waals surface area contributed by atoms with Crippen LogP contribution in [-0.4, -0.2) is 35.6 Å². The average Bonchev–Trinajstić information content (AvgIpc) is 2.18. The Kier molecular flexibility index (Phi) is 2.39. The predicted octanol–water partition coefficient (Wildman–Crippen LogP) is -1.56. The highest BCUT2D eigenvalue weighted by molar-refractivity contribution is 5.86. The van der Waals surface area contributed by atoms with E-state index in [0.717, 1.165) is 19.4 Å². The molecule has 3 unspecified atom stereocenters. The third-order valence-corrected chi connectivity index (χ3v) is 2.83. The number of hydrazine groups is 1. The average molecular weight is 199 g/mol. The standard InChI is InChI=1S/C8H13N3O3/c12-7-5-4(2-1-3-9-5)6(8(13)14)10-11-7/h4-6,9-10H,1-3H2,(H,11,12)(H,13,14). The SMILES string of the molecule is O=C(O)C1NNC(=O)C2NCCCC12. The molecule has 0 aromatic carbocycles. The molecule has 0 aromatic heterocycles. The molecule has 2 rings (SSSR count). The van der Waals surface area contributed by atoms with Crippen molar-refractivity contribution in [1.82, 2.24) is 16.2 Å². The van der Waals surface area contributed by atoms with Crippen LogP contribution in [0.3, 0.4) is 0 Å². The molecule has 2 fully saturated rings. The molecule has 4 N–H and O–H groups in total. The number of carboxylic acid groups (broad SMARTS) is 1. The molecular weight excluding hydrogens is 186 g/mol. The van der Waals surface area contributed by atoms with E-state index in [2.05, 4.69) is 16.2 Å². The Morgan fingerprint density at radius 2 is 2.29 bits per heavy atom. The summed E-state index contributed by atoms with van der Waals surface area (Å²) in [6.07, 6.45) is 1.69. The molecule has 0 saturated carbocycles. The third-order valence-electron chi connectivity index (χ3n) is 2.83. The first-order valence-electron chi connectivity index (χ1n) is 4.72. The zero-order chi connectivity index (χ0) is 10.1. The van der Waals surface area contributed by atoms with Gasteiger partial charge in [0.1, 0.15) is 6.04 Å². The fraction of sp³-hybridized carbons (Fsp3) is 0.750. The van der Waals surface area contributed by atoms with Gasteiger partial charge in [-0.2, -0.15) is 0 Å². The highest BCUT2D eigenvalue weighted by Crippen LogP contribution is 2.22. The Hall–Kier alpha value is -1.14. The topological polar surface area (TPSA) is 90.5 Å². The summed E-state index contributed by atoms with van der Waals surface area (Å²) in [5, 5.41) is 12.0. The Morgan fingerprint density at radius 3 is 3.00 bits per heavy atom. The molecule has 2 aliphatic heterocycles. The first-order valence-corrected chi connectivity index (χ1v) is 4.72. The summed E-state index contributed by atoms with van der Waals surface area (Å²) in [4.78, 5) is 22.2. The van der Waals surface area contributed by atoms with Crippen molar-refractivity contribution >= 4 is 11.9 Å². The first-order chi connectivity index (χ1) is 6.70. The van der Waals surface area contributed by atoms with Crippen molar-refractivity contribution in [3.05, 3.63) is 0 Å². The summed E-state index contributed by atoms with van der Waals surface area (Å²) in [5.74, 6) is -1.22. The number of nitrogens with one attached hydrogen (secondary N) is 3. The van der Waals surface area contributed by atoms with Crippen LogP contribution in [0.1, 0.15) is 12.8 Å². The zero-order valence-electron chi connectivity index (χ0n) is 7.62. The van der Waals surface area contributed by atoms with Gasteiger partial charge in [-0.05, 0) is 19.4 Å². The van der Waals surface area contributed by atoms with Crippen LogP contribution < -0.4 is 16.2 Å². The number of amides is 1. The van der Waals surface area contributed by atoms with Gasteiger partial charge in [-0.15, -0.1) is 0 Å². The van der Waals surface area contributed by atoms with Crippen LogP contribution in [-0.2, 0) is 9.59 Å². The minimum absolute atomic E-state index is 0.144. The Bertz CT molecular complexity index is 267. The maximum atomic E-state index is 11.4. The lowest BCUT2D eigenvalue weighted by Gasteiger charge is -2.39. The van der Waals surface area contributed by atoms with E-state index in [-0.39, 0.29) is 17.9 Å². The highest BCUT2D eigenvalue weighted by atomic mass is 16.4. The molecule has 0 aromatic rings.